The predicted octanol–water partition coefficient (Wildman–Crippen LogP) is 3.11. The van der Waals surface area contributed by atoms with E-state index >= 15 is 0 Å². The van der Waals surface area contributed by atoms with Crippen molar-refractivity contribution in [1.29, 1.82) is 0 Å². The molecule has 0 bridgehead atoms. The quantitative estimate of drug-likeness (QED) is 0.891. The van der Waals surface area contributed by atoms with Gasteiger partial charge in [-0.3, -0.25) is 0 Å². The number of nitrogens with one attached hydrogen (secondary N) is 1. The molecule has 0 amide bonds. The molecule has 1 heterocycles. The highest BCUT2D eigenvalue weighted by molar-refractivity contribution is 5.85. The summed E-state index contributed by atoms with van der Waals surface area (Å²) in [6, 6.07) is 15.7. The van der Waals surface area contributed by atoms with Crippen LogP contribution >= 0.6 is 0 Å². The van der Waals surface area contributed by atoms with Crippen molar-refractivity contribution in [3.05, 3.63) is 48.0 Å². The summed E-state index contributed by atoms with van der Waals surface area (Å²) in [5, 5.41) is 6.33. The van der Waals surface area contributed by atoms with Gasteiger partial charge in [-0.05, 0) is 29.2 Å². The molecular weight excluding hydrogens is 222 g/mol. The Kier molecular flexibility index (Phi) is 3.58. The summed E-state index contributed by atoms with van der Waals surface area (Å²) in [4.78, 5) is 0. The van der Waals surface area contributed by atoms with Crippen molar-refractivity contribution in [1.82, 2.24) is 5.32 Å². The van der Waals surface area contributed by atoms with Crippen LogP contribution in [0.25, 0.3) is 10.8 Å². The Hall–Kier alpha value is -1.38. The average Bonchev–Trinajstić information content (AvgIpc) is 2.46. The molecule has 2 aromatic carbocycles. The summed E-state index contributed by atoms with van der Waals surface area (Å²) in [5.41, 5.74) is 1.39. The first-order chi connectivity index (χ1) is 8.93. The third kappa shape index (κ3) is 2.55. The van der Waals surface area contributed by atoms with Crippen LogP contribution in [0.15, 0.2) is 42.5 Å². The fraction of sp³-hybridized carbons (Fsp3) is 0.375. The fourth-order valence-electron chi connectivity index (χ4n) is 2.60. The van der Waals surface area contributed by atoms with Gasteiger partial charge in [0, 0.05) is 25.8 Å². The van der Waals surface area contributed by atoms with Crippen molar-refractivity contribution in [2.75, 3.05) is 13.2 Å². The van der Waals surface area contributed by atoms with Crippen LogP contribution in [-0.4, -0.2) is 19.3 Å². The minimum absolute atomic E-state index is 0.609. The van der Waals surface area contributed by atoms with Gasteiger partial charge >= 0.3 is 0 Å². The van der Waals surface area contributed by atoms with E-state index in [0.717, 1.165) is 32.6 Å². The van der Waals surface area contributed by atoms with Gasteiger partial charge in [0.15, 0.2) is 0 Å². The normalized spacial score (nSPS) is 17.1. The highest BCUT2D eigenvalue weighted by atomic mass is 16.5. The van der Waals surface area contributed by atoms with Crippen molar-refractivity contribution < 1.29 is 4.74 Å². The Morgan fingerprint density at radius 2 is 1.78 bits per heavy atom. The van der Waals surface area contributed by atoms with E-state index in [2.05, 4.69) is 47.8 Å². The second kappa shape index (κ2) is 5.51. The van der Waals surface area contributed by atoms with Crippen LogP contribution in [0.2, 0.25) is 0 Å². The summed E-state index contributed by atoms with van der Waals surface area (Å²) in [5.74, 6) is 0. The number of hydrogen-bond acceptors (Lipinski definition) is 2. The molecule has 2 heteroatoms. The maximum absolute atomic E-state index is 5.38. The third-order valence-corrected chi connectivity index (χ3v) is 3.68. The van der Waals surface area contributed by atoms with Crippen LogP contribution in [0.4, 0.5) is 0 Å². The maximum atomic E-state index is 5.38. The van der Waals surface area contributed by atoms with Crippen molar-refractivity contribution in [3.8, 4) is 0 Å². The van der Waals surface area contributed by atoms with Gasteiger partial charge in [-0.15, -0.1) is 0 Å². The molecule has 0 radical (unpaired) electrons. The smallest absolute Gasteiger partial charge is 0.0480 e. The molecule has 0 atom stereocenters. The van der Waals surface area contributed by atoms with Crippen LogP contribution in [-0.2, 0) is 11.3 Å². The van der Waals surface area contributed by atoms with E-state index in [4.69, 9.17) is 4.74 Å². The van der Waals surface area contributed by atoms with E-state index in [-0.39, 0.29) is 0 Å². The standard InChI is InChI=1S/C16H19NO/c1-2-7-16-13(4-1)5-3-6-14(16)12-17-15-8-10-18-11-9-15/h1-7,15,17H,8-12H2. The minimum atomic E-state index is 0.609. The monoisotopic (exact) mass is 241 g/mol. The minimum Gasteiger partial charge on any atom is -0.381 e. The summed E-state index contributed by atoms with van der Waals surface area (Å²) in [6.45, 7) is 2.74. The van der Waals surface area contributed by atoms with E-state index in [1.165, 1.54) is 16.3 Å². The Morgan fingerprint density at radius 1 is 1.00 bits per heavy atom. The van der Waals surface area contributed by atoms with Gasteiger partial charge in [-0.25, -0.2) is 0 Å². The lowest BCUT2D eigenvalue weighted by Crippen LogP contribution is -2.34. The molecule has 1 aliphatic rings. The van der Waals surface area contributed by atoms with Gasteiger partial charge in [-0.1, -0.05) is 42.5 Å². The van der Waals surface area contributed by atoms with Gasteiger partial charge in [0.05, 0.1) is 0 Å². The van der Waals surface area contributed by atoms with Crippen molar-refractivity contribution >= 4 is 10.8 Å². The zero-order valence-corrected chi connectivity index (χ0v) is 10.6. The number of ether oxygens (including phenoxy) is 1. The lowest BCUT2D eigenvalue weighted by atomic mass is 10.0. The summed E-state index contributed by atoms with van der Waals surface area (Å²) >= 11 is 0. The first-order valence-corrected chi connectivity index (χ1v) is 6.71. The first kappa shape index (κ1) is 11.7. The first-order valence-electron chi connectivity index (χ1n) is 6.71. The van der Waals surface area contributed by atoms with Crippen LogP contribution < -0.4 is 5.32 Å². The van der Waals surface area contributed by atoms with Gasteiger partial charge in [0.25, 0.3) is 0 Å². The van der Waals surface area contributed by atoms with E-state index in [9.17, 15) is 0 Å². The van der Waals surface area contributed by atoms with E-state index in [1.54, 1.807) is 0 Å². The van der Waals surface area contributed by atoms with Crippen molar-refractivity contribution in [2.45, 2.75) is 25.4 Å². The largest absolute Gasteiger partial charge is 0.381 e. The Labute approximate surface area is 108 Å². The Balaban J connectivity index is 1.74. The molecule has 0 unspecified atom stereocenters. The van der Waals surface area contributed by atoms with Gasteiger partial charge < -0.3 is 10.1 Å². The number of fused-ring (bicyclic) bond motifs is 1. The number of benzene rings is 2. The lowest BCUT2D eigenvalue weighted by Gasteiger charge is -2.23. The molecule has 1 saturated heterocycles. The zero-order valence-electron chi connectivity index (χ0n) is 10.6. The number of hydrogen-bond donors (Lipinski definition) is 1. The molecule has 1 aliphatic heterocycles. The second-order valence-corrected chi connectivity index (χ2v) is 4.91. The maximum Gasteiger partial charge on any atom is 0.0480 e. The van der Waals surface area contributed by atoms with Crippen molar-refractivity contribution in [2.24, 2.45) is 0 Å². The van der Waals surface area contributed by atoms with Gasteiger partial charge in [0.2, 0.25) is 0 Å². The molecule has 0 aromatic heterocycles. The van der Waals surface area contributed by atoms with E-state index < -0.39 is 0 Å². The third-order valence-electron chi connectivity index (χ3n) is 3.68. The molecule has 0 saturated carbocycles. The van der Waals surface area contributed by atoms with Crippen LogP contribution in [0.1, 0.15) is 18.4 Å². The predicted molar refractivity (Wildman–Crippen MR) is 74.6 cm³/mol. The molecular formula is C16H19NO. The summed E-state index contributed by atoms with van der Waals surface area (Å²) in [7, 11) is 0. The highest BCUT2D eigenvalue weighted by Gasteiger charge is 2.13. The molecule has 1 N–H and O–H groups in total. The molecule has 2 aromatic rings. The molecule has 3 rings (SSSR count). The van der Waals surface area contributed by atoms with Crippen molar-refractivity contribution in [3.63, 3.8) is 0 Å². The SMILES string of the molecule is c1ccc2c(CNC3CCOCC3)cccc2c1. The second-order valence-electron chi connectivity index (χ2n) is 4.91. The average molecular weight is 241 g/mol. The van der Waals surface area contributed by atoms with Gasteiger partial charge in [0.1, 0.15) is 0 Å². The van der Waals surface area contributed by atoms with E-state index in [0.29, 0.717) is 6.04 Å². The zero-order chi connectivity index (χ0) is 12.2. The van der Waals surface area contributed by atoms with Crippen LogP contribution in [0, 0.1) is 0 Å². The molecule has 0 aliphatic carbocycles. The van der Waals surface area contributed by atoms with Gasteiger partial charge in [-0.2, -0.15) is 0 Å². The van der Waals surface area contributed by atoms with Crippen LogP contribution in [0.3, 0.4) is 0 Å². The number of rotatable bonds is 3. The molecule has 1 fully saturated rings. The molecule has 18 heavy (non-hydrogen) atoms. The van der Waals surface area contributed by atoms with Crippen LogP contribution in [0.5, 0.6) is 0 Å². The molecule has 2 nitrogen and oxygen atoms in total. The molecule has 0 spiro atoms. The fourth-order valence-corrected chi connectivity index (χ4v) is 2.60. The molecule has 94 valence electrons. The lowest BCUT2D eigenvalue weighted by molar-refractivity contribution is 0.0776. The Bertz CT molecular complexity index is 512. The van der Waals surface area contributed by atoms with E-state index in [1.807, 2.05) is 0 Å². The summed E-state index contributed by atoms with van der Waals surface area (Å²) in [6.07, 6.45) is 2.26. The Morgan fingerprint density at radius 3 is 2.67 bits per heavy atom. The highest BCUT2D eigenvalue weighted by Crippen LogP contribution is 2.18. The summed E-state index contributed by atoms with van der Waals surface area (Å²) < 4.78 is 5.38. The topological polar surface area (TPSA) is 21.3 Å².